The molecule has 3 heteroatoms. The van der Waals surface area contributed by atoms with Crippen LogP contribution in [-0.4, -0.2) is 6.54 Å². The summed E-state index contributed by atoms with van der Waals surface area (Å²) in [5.74, 6) is -0.547. The fourth-order valence-corrected chi connectivity index (χ4v) is 2.48. The van der Waals surface area contributed by atoms with Gasteiger partial charge in [0.2, 0.25) is 0 Å². The molecule has 2 N–H and O–H groups in total. The second-order valence-corrected chi connectivity index (χ2v) is 4.81. The Morgan fingerprint density at radius 2 is 1.74 bits per heavy atom. The number of benzene rings is 2. The summed E-state index contributed by atoms with van der Waals surface area (Å²) < 4.78 is 29.5. The van der Waals surface area contributed by atoms with Crippen molar-refractivity contribution in [1.29, 1.82) is 0 Å². The van der Waals surface area contributed by atoms with Crippen LogP contribution in [0.1, 0.15) is 22.3 Å². The minimum absolute atomic E-state index is 0.0341. The molecule has 0 fully saturated rings. The predicted molar refractivity (Wildman–Crippen MR) is 73.3 cm³/mol. The van der Waals surface area contributed by atoms with E-state index in [1.165, 1.54) is 6.07 Å². The third-order valence-corrected chi connectivity index (χ3v) is 3.34. The van der Waals surface area contributed by atoms with E-state index in [1.807, 2.05) is 0 Å². The molecule has 1 atom stereocenters. The van der Waals surface area contributed by atoms with E-state index >= 15 is 4.39 Å². The van der Waals surface area contributed by atoms with Crippen molar-refractivity contribution in [1.82, 2.24) is 0 Å². The van der Waals surface area contributed by atoms with Crippen LogP contribution in [0.15, 0.2) is 42.5 Å². The Balaban J connectivity index is 2.66. The van der Waals surface area contributed by atoms with Crippen LogP contribution in [0.3, 0.4) is 0 Å². The van der Waals surface area contributed by atoms with Crippen LogP contribution >= 0.6 is 0 Å². The van der Waals surface area contributed by atoms with E-state index in [-0.39, 0.29) is 12.1 Å². The van der Waals surface area contributed by atoms with E-state index in [9.17, 15) is 4.39 Å². The van der Waals surface area contributed by atoms with Crippen molar-refractivity contribution < 1.29 is 8.78 Å². The van der Waals surface area contributed by atoms with Crippen LogP contribution in [0.4, 0.5) is 8.78 Å². The van der Waals surface area contributed by atoms with Crippen molar-refractivity contribution in [3.05, 3.63) is 70.5 Å². The monoisotopic (exact) mass is 261 g/mol. The molecule has 0 saturated heterocycles. The predicted octanol–water partition coefficient (Wildman–Crippen LogP) is 3.61. The van der Waals surface area contributed by atoms with Crippen LogP contribution in [0, 0.1) is 19.7 Å². The minimum Gasteiger partial charge on any atom is -0.327 e. The minimum atomic E-state index is -2.00. The largest absolute Gasteiger partial charge is 0.327 e. The quantitative estimate of drug-likeness (QED) is 0.897. The molecule has 0 aliphatic rings. The van der Waals surface area contributed by atoms with E-state index in [1.54, 1.807) is 50.2 Å². The van der Waals surface area contributed by atoms with Gasteiger partial charge >= 0.3 is 0 Å². The summed E-state index contributed by atoms with van der Waals surface area (Å²) in [7, 11) is 0. The molecule has 1 unspecified atom stereocenters. The number of nitrogens with two attached hydrogens (primary N) is 1. The third kappa shape index (κ3) is 2.38. The molecular weight excluding hydrogens is 244 g/mol. The lowest BCUT2D eigenvalue weighted by Gasteiger charge is -2.27. The lowest BCUT2D eigenvalue weighted by molar-refractivity contribution is 0.223. The molecule has 100 valence electrons. The molecule has 0 bridgehead atoms. The topological polar surface area (TPSA) is 26.0 Å². The van der Waals surface area contributed by atoms with E-state index < -0.39 is 11.5 Å². The highest BCUT2D eigenvalue weighted by Crippen LogP contribution is 2.37. The number of hydrogen-bond donors (Lipinski definition) is 1. The molecule has 0 spiro atoms. The van der Waals surface area contributed by atoms with Gasteiger partial charge in [0.15, 0.2) is 5.67 Å². The molecule has 0 aliphatic carbocycles. The average molecular weight is 261 g/mol. The number of rotatable bonds is 3. The first-order chi connectivity index (χ1) is 8.99. The van der Waals surface area contributed by atoms with Crippen LogP contribution in [-0.2, 0) is 5.67 Å². The fraction of sp³-hybridized carbons (Fsp3) is 0.250. The highest BCUT2D eigenvalue weighted by Gasteiger charge is 2.36. The molecule has 0 aromatic heterocycles. The van der Waals surface area contributed by atoms with Gasteiger partial charge in [0.1, 0.15) is 5.82 Å². The van der Waals surface area contributed by atoms with Gasteiger partial charge in [-0.15, -0.1) is 0 Å². The molecule has 1 nitrogen and oxygen atoms in total. The lowest BCUT2D eigenvalue weighted by atomic mass is 9.84. The van der Waals surface area contributed by atoms with Gasteiger partial charge in [0.05, 0.1) is 0 Å². The van der Waals surface area contributed by atoms with Crippen LogP contribution in [0.25, 0.3) is 0 Å². The van der Waals surface area contributed by atoms with Crippen molar-refractivity contribution in [2.45, 2.75) is 19.5 Å². The Bertz CT molecular complexity index is 558. The molecule has 0 heterocycles. The van der Waals surface area contributed by atoms with Gasteiger partial charge < -0.3 is 5.73 Å². The van der Waals surface area contributed by atoms with Crippen LogP contribution in [0.5, 0.6) is 0 Å². The van der Waals surface area contributed by atoms with Gasteiger partial charge in [-0.1, -0.05) is 36.4 Å². The molecule has 0 radical (unpaired) electrons. The molecule has 0 aliphatic heterocycles. The average Bonchev–Trinajstić information content (AvgIpc) is 2.38. The smallest absolute Gasteiger partial charge is 0.176 e. The van der Waals surface area contributed by atoms with Gasteiger partial charge in [-0.2, -0.15) is 0 Å². The number of alkyl halides is 1. The van der Waals surface area contributed by atoms with Gasteiger partial charge in [0, 0.05) is 12.1 Å². The first-order valence-corrected chi connectivity index (χ1v) is 6.21. The third-order valence-electron chi connectivity index (χ3n) is 3.34. The maximum Gasteiger partial charge on any atom is 0.176 e. The summed E-state index contributed by atoms with van der Waals surface area (Å²) in [5.41, 5.74) is 5.37. The maximum absolute atomic E-state index is 15.3. The molecule has 0 saturated carbocycles. The molecule has 2 rings (SSSR count). The first kappa shape index (κ1) is 13.7. The summed E-state index contributed by atoms with van der Waals surface area (Å²) >= 11 is 0. The Morgan fingerprint density at radius 1 is 1.11 bits per heavy atom. The van der Waals surface area contributed by atoms with E-state index in [0.29, 0.717) is 11.1 Å². The van der Waals surface area contributed by atoms with E-state index in [0.717, 1.165) is 5.56 Å². The standard InChI is InChI=1S/C16H17F2N/c1-11-8-12(2)15(14(17)9-11)16(18,10-19)13-6-4-3-5-7-13/h3-9H,10,19H2,1-2H3. The number of halogens is 2. The first-order valence-electron chi connectivity index (χ1n) is 6.21. The van der Waals surface area contributed by atoms with E-state index in [2.05, 4.69) is 0 Å². The van der Waals surface area contributed by atoms with Gasteiger partial charge in [-0.3, -0.25) is 0 Å². The number of aryl methyl sites for hydroxylation is 2. The summed E-state index contributed by atoms with van der Waals surface area (Å²) in [5, 5.41) is 0. The SMILES string of the molecule is Cc1cc(C)c(C(F)(CN)c2ccccc2)c(F)c1. The van der Waals surface area contributed by atoms with Crippen LogP contribution < -0.4 is 5.73 Å². The summed E-state index contributed by atoms with van der Waals surface area (Å²) in [4.78, 5) is 0. The normalized spacial score (nSPS) is 14.2. The molecular formula is C16H17F2N. The highest BCUT2D eigenvalue weighted by atomic mass is 19.1. The van der Waals surface area contributed by atoms with E-state index in [4.69, 9.17) is 5.73 Å². The van der Waals surface area contributed by atoms with Gasteiger partial charge in [-0.05, 0) is 36.6 Å². The second kappa shape index (κ2) is 5.10. The summed E-state index contributed by atoms with van der Waals surface area (Å²) in [6.07, 6.45) is 0. The number of hydrogen-bond acceptors (Lipinski definition) is 1. The molecule has 0 amide bonds. The van der Waals surface area contributed by atoms with Crippen molar-refractivity contribution in [3.8, 4) is 0 Å². The van der Waals surface area contributed by atoms with Gasteiger partial charge in [-0.25, -0.2) is 8.78 Å². The van der Waals surface area contributed by atoms with Crippen molar-refractivity contribution >= 4 is 0 Å². The molecule has 2 aromatic carbocycles. The summed E-state index contributed by atoms with van der Waals surface area (Å²) in [6.45, 7) is 3.20. The second-order valence-electron chi connectivity index (χ2n) is 4.81. The molecule has 2 aromatic rings. The zero-order chi connectivity index (χ0) is 14.0. The zero-order valence-corrected chi connectivity index (χ0v) is 11.1. The van der Waals surface area contributed by atoms with Crippen molar-refractivity contribution in [2.75, 3.05) is 6.54 Å². The fourth-order valence-electron chi connectivity index (χ4n) is 2.48. The zero-order valence-electron chi connectivity index (χ0n) is 11.1. The van der Waals surface area contributed by atoms with Gasteiger partial charge in [0.25, 0.3) is 0 Å². The Kier molecular flexibility index (Phi) is 3.67. The van der Waals surface area contributed by atoms with Crippen LogP contribution in [0.2, 0.25) is 0 Å². The highest BCUT2D eigenvalue weighted by molar-refractivity contribution is 5.43. The Hall–Kier alpha value is -1.74. The Labute approximate surface area is 112 Å². The Morgan fingerprint density at radius 3 is 2.26 bits per heavy atom. The summed E-state index contributed by atoms with van der Waals surface area (Å²) in [6, 6.07) is 11.6. The van der Waals surface area contributed by atoms with Crippen molar-refractivity contribution in [2.24, 2.45) is 5.73 Å². The molecule has 19 heavy (non-hydrogen) atoms. The maximum atomic E-state index is 15.3. The van der Waals surface area contributed by atoms with Crippen molar-refractivity contribution in [3.63, 3.8) is 0 Å². The lowest BCUT2D eigenvalue weighted by Crippen LogP contribution is -2.33.